The summed E-state index contributed by atoms with van der Waals surface area (Å²) in [6.07, 6.45) is 0. The molecule has 2 nitrogen and oxygen atoms in total. The maximum atomic E-state index is 8.17. The van der Waals surface area contributed by atoms with Gasteiger partial charge in [0.15, 0.2) is 0 Å². The number of aliphatic hydroxyl groups is 2. The number of rotatable bonds is 2. The van der Waals surface area contributed by atoms with Gasteiger partial charge in [-0.3, -0.25) is 0 Å². The van der Waals surface area contributed by atoms with Crippen LogP contribution in [0.1, 0.15) is 0 Å². The second-order valence-electron chi connectivity index (χ2n) is 0.962. The van der Waals surface area contributed by atoms with Gasteiger partial charge in [-0.1, -0.05) is 22.6 Å². The smallest absolute Gasteiger partial charge is 0.0572 e. The van der Waals surface area contributed by atoms with Crippen LogP contribution < -0.4 is 0 Å². The van der Waals surface area contributed by atoms with Crippen molar-refractivity contribution in [1.29, 1.82) is 0 Å². The predicted molar refractivity (Wildman–Crippen MR) is 32.0 cm³/mol. The number of hydrogen-bond donors (Lipinski definition) is 2. The highest BCUT2D eigenvalue weighted by Crippen LogP contribution is 1.94. The second kappa shape index (κ2) is 3.83. The predicted octanol–water partition coefficient (Wildman–Crippen LogP) is -0.225. The molecule has 0 aromatic rings. The van der Waals surface area contributed by atoms with Gasteiger partial charge in [0.1, 0.15) is 0 Å². The van der Waals surface area contributed by atoms with Crippen LogP contribution in [0.4, 0.5) is 0 Å². The van der Waals surface area contributed by atoms with Gasteiger partial charge in [-0.15, -0.1) is 0 Å². The lowest BCUT2D eigenvalue weighted by Crippen LogP contribution is -2.07. The van der Waals surface area contributed by atoms with Crippen LogP contribution in [0.5, 0.6) is 0 Å². The van der Waals surface area contributed by atoms with Crippen LogP contribution in [-0.4, -0.2) is 27.4 Å². The molecule has 0 atom stereocenters. The highest BCUT2D eigenvalue weighted by molar-refractivity contribution is 14.1. The highest BCUT2D eigenvalue weighted by atomic mass is 127. The van der Waals surface area contributed by atoms with E-state index in [9.17, 15) is 0 Å². The molecule has 3 heteroatoms. The maximum absolute atomic E-state index is 8.17. The Balaban J connectivity index is 2.75. The zero-order valence-corrected chi connectivity index (χ0v) is 5.42. The third-order valence-electron chi connectivity index (χ3n) is 0.396. The first-order chi connectivity index (χ1) is 2.81. The van der Waals surface area contributed by atoms with Gasteiger partial charge in [0, 0.05) is 0 Å². The average molecular weight is 202 g/mol. The van der Waals surface area contributed by atoms with Crippen LogP contribution >= 0.6 is 22.6 Å². The SMILES string of the molecule is OCC(I)CO. The van der Waals surface area contributed by atoms with Gasteiger partial charge >= 0.3 is 0 Å². The first kappa shape index (κ1) is 6.65. The van der Waals surface area contributed by atoms with Gasteiger partial charge < -0.3 is 10.2 Å². The molecule has 38 valence electrons. The van der Waals surface area contributed by atoms with Crippen LogP contribution in [0.3, 0.4) is 0 Å². The summed E-state index contributed by atoms with van der Waals surface area (Å²) in [5.74, 6) is 0. The molecule has 2 N–H and O–H groups in total. The Bertz CT molecular complexity index is 28.0. The summed E-state index contributed by atoms with van der Waals surface area (Å²) in [6.45, 7) is 0.133. The molecule has 0 amide bonds. The molecule has 0 bridgehead atoms. The van der Waals surface area contributed by atoms with Crippen molar-refractivity contribution in [2.45, 2.75) is 3.92 Å². The van der Waals surface area contributed by atoms with E-state index in [-0.39, 0.29) is 17.1 Å². The number of aliphatic hydroxyl groups excluding tert-OH is 2. The van der Waals surface area contributed by atoms with Crippen LogP contribution in [0, 0.1) is 0 Å². The van der Waals surface area contributed by atoms with Gasteiger partial charge in [0.25, 0.3) is 0 Å². The fourth-order valence-corrected chi connectivity index (χ4v) is 0.0577. The summed E-state index contributed by atoms with van der Waals surface area (Å²) >= 11 is 1.97. The molecule has 0 heterocycles. The Kier molecular flexibility index (Phi) is 4.24. The Morgan fingerprint density at radius 3 is 1.67 bits per heavy atom. The van der Waals surface area contributed by atoms with Crippen molar-refractivity contribution in [3.63, 3.8) is 0 Å². The van der Waals surface area contributed by atoms with Crippen LogP contribution in [-0.2, 0) is 0 Å². The first-order valence-corrected chi connectivity index (χ1v) is 2.91. The molecule has 0 aromatic carbocycles. The molecule has 0 aliphatic rings. The summed E-state index contributed by atoms with van der Waals surface area (Å²) in [5, 5.41) is 16.3. The van der Waals surface area contributed by atoms with Crippen molar-refractivity contribution in [2.75, 3.05) is 13.2 Å². The van der Waals surface area contributed by atoms with Crippen LogP contribution in [0.25, 0.3) is 0 Å². The van der Waals surface area contributed by atoms with E-state index in [1.807, 2.05) is 22.6 Å². The fraction of sp³-hybridized carbons (Fsp3) is 1.00. The van der Waals surface area contributed by atoms with E-state index in [1.165, 1.54) is 0 Å². The normalized spacial score (nSPS) is 10.0. The van der Waals surface area contributed by atoms with E-state index < -0.39 is 0 Å². The highest BCUT2D eigenvalue weighted by Gasteiger charge is 1.94. The molecule has 0 fully saturated rings. The third-order valence-corrected chi connectivity index (χ3v) is 1.18. The zero-order chi connectivity index (χ0) is 4.99. The number of halogens is 1. The molecular formula is C3H7IO2. The van der Waals surface area contributed by atoms with Crippen molar-refractivity contribution < 1.29 is 10.2 Å². The van der Waals surface area contributed by atoms with E-state index in [2.05, 4.69) is 0 Å². The van der Waals surface area contributed by atoms with Crippen molar-refractivity contribution in [2.24, 2.45) is 0 Å². The Morgan fingerprint density at radius 2 is 1.67 bits per heavy atom. The van der Waals surface area contributed by atoms with Crippen molar-refractivity contribution >= 4 is 22.6 Å². The molecule has 0 aliphatic carbocycles. The minimum atomic E-state index is 0.0163. The Labute approximate surface area is 50.3 Å². The van der Waals surface area contributed by atoms with Crippen LogP contribution in [0.2, 0.25) is 0 Å². The standard InChI is InChI=1S/C3H7IO2/c4-3(1-5)2-6/h3,5-6H,1-2H2. The molecule has 0 rings (SSSR count). The van der Waals surface area contributed by atoms with Crippen molar-refractivity contribution in [3.05, 3.63) is 0 Å². The minimum absolute atomic E-state index is 0.0163. The van der Waals surface area contributed by atoms with Gasteiger partial charge in [0.05, 0.1) is 17.1 Å². The van der Waals surface area contributed by atoms with Crippen molar-refractivity contribution in [3.8, 4) is 0 Å². The topological polar surface area (TPSA) is 40.5 Å². The number of alkyl halides is 1. The molecule has 0 aliphatic heterocycles. The number of hydrogen-bond acceptors (Lipinski definition) is 2. The lowest BCUT2D eigenvalue weighted by molar-refractivity contribution is 0.234. The zero-order valence-electron chi connectivity index (χ0n) is 3.26. The molecule has 0 saturated heterocycles. The quantitative estimate of drug-likeness (QED) is 0.479. The average Bonchev–Trinajstić information content (AvgIpc) is 1.65. The van der Waals surface area contributed by atoms with Gasteiger partial charge in [-0.2, -0.15) is 0 Å². The molecule has 0 unspecified atom stereocenters. The maximum Gasteiger partial charge on any atom is 0.0572 e. The summed E-state index contributed by atoms with van der Waals surface area (Å²) in [4.78, 5) is 0. The molecule has 0 spiro atoms. The van der Waals surface area contributed by atoms with Crippen molar-refractivity contribution in [1.82, 2.24) is 0 Å². The fourth-order valence-electron chi connectivity index (χ4n) is 0.0577. The summed E-state index contributed by atoms with van der Waals surface area (Å²) < 4.78 is 0.0163. The van der Waals surface area contributed by atoms with Gasteiger partial charge in [-0.05, 0) is 0 Å². The lowest BCUT2D eigenvalue weighted by Gasteiger charge is -1.95. The van der Waals surface area contributed by atoms with E-state index in [0.717, 1.165) is 0 Å². The summed E-state index contributed by atoms with van der Waals surface area (Å²) in [6, 6.07) is 0. The van der Waals surface area contributed by atoms with E-state index in [0.29, 0.717) is 0 Å². The molecular weight excluding hydrogens is 195 g/mol. The largest absolute Gasteiger partial charge is 0.395 e. The molecule has 0 saturated carbocycles. The molecule has 0 radical (unpaired) electrons. The minimum Gasteiger partial charge on any atom is -0.395 e. The summed E-state index contributed by atoms with van der Waals surface area (Å²) in [7, 11) is 0. The monoisotopic (exact) mass is 202 g/mol. The van der Waals surface area contributed by atoms with Gasteiger partial charge in [-0.25, -0.2) is 0 Å². The first-order valence-electron chi connectivity index (χ1n) is 1.67. The van der Waals surface area contributed by atoms with E-state index >= 15 is 0 Å². The third kappa shape index (κ3) is 2.87. The summed E-state index contributed by atoms with van der Waals surface area (Å²) in [5.41, 5.74) is 0. The molecule has 6 heavy (non-hydrogen) atoms. The Morgan fingerprint density at radius 1 is 1.33 bits per heavy atom. The van der Waals surface area contributed by atoms with E-state index in [4.69, 9.17) is 10.2 Å². The second-order valence-corrected chi connectivity index (χ2v) is 2.72. The molecule has 0 aromatic heterocycles. The van der Waals surface area contributed by atoms with Gasteiger partial charge in [0.2, 0.25) is 0 Å². The lowest BCUT2D eigenvalue weighted by atomic mass is 10.5. The van der Waals surface area contributed by atoms with Crippen LogP contribution in [0.15, 0.2) is 0 Å². The van der Waals surface area contributed by atoms with E-state index in [1.54, 1.807) is 0 Å². The Hall–Kier alpha value is 0.650.